The van der Waals surface area contributed by atoms with Crippen LogP contribution >= 0.6 is 0 Å². The molecule has 74 valence electrons. The summed E-state index contributed by atoms with van der Waals surface area (Å²) in [5, 5.41) is 3.39. The Morgan fingerprint density at radius 2 is 2.00 bits per heavy atom. The molecule has 0 spiro atoms. The number of ether oxygens (including phenoxy) is 1. The van der Waals surface area contributed by atoms with E-state index in [0.29, 0.717) is 6.10 Å². The van der Waals surface area contributed by atoms with Gasteiger partial charge in [-0.15, -0.1) is 0 Å². The van der Waals surface area contributed by atoms with Crippen LogP contribution in [0.1, 0.15) is 39.5 Å². The van der Waals surface area contributed by atoms with E-state index >= 15 is 0 Å². The van der Waals surface area contributed by atoms with Crippen LogP contribution in [-0.2, 0) is 4.74 Å². The third kappa shape index (κ3) is 8.02. The highest BCUT2D eigenvalue weighted by Crippen LogP contribution is 2.01. The molecule has 0 radical (unpaired) electrons. The molecule has 0 aliphatic carbocycles. The third-order valence-electron chi connectivity index (χ3n) is 2.04. The number of methoxy groups -OCH3 is 1. The van der Waals surface area contributed by atoms with Gasteiger partial charge in [0.1, 0.15) is 0 Å². The van der Waals surface area contributed by atoms with Gasteiger partial charge in [0.05, 0.1) is 6.10 Å². The predicted molar refractivity (Wildman–Crippen MR) is 53.5 cm³/mol. The lowest BCUT2D eigenvalue weighted by molar-refractivity contribution is 0.108. The van der Waals surface area contributed by atoms with Crippen molar-refractivity contribution in [3.05, 3.63) is 0 Å². The highest BCUT2D eigenvalue weighted by atomic mass is 16.5. The molecule has 0 saturated carbocycles. The van der Waals surface area contributed by atoms with Crippen molar-refractivity contribution in [2.24, 2.45) is 0 Å². The Morgan fingerprint density at radius 1 is 1.25 bits per heavy atom. The lowest BCUT2D eigenvalue weighted by Gasteiger charge is -2.08. The zero-order valence-electron chi connectivity index (χ0n) is 8.73. The van der Waals surface area contributed by atoms with E-state index in [0.717, 1.165) is 13.1 Å². The van der Waals surface area contributed by atoms with Gasteiger partial charge in [-0.05, 0) is 45.7 Å². The molecule has 0 bridgehead atoms. The first-order chi connectivity index (χ1) is 5.81. The molecule has 0 rings (SSSR count). The second kappa shape index (κ2) is 9.01. The predicted octanol–water partition coefficient (Wildman–Crippen LogP) is 2.19. The van der Waals surface area contributed by atoms with Crippen molar-refractivity contribution in [3.8, 4) is 0 Å². The van der Waals surface area contributed by atoms with E-state index in [-0.39, 0.29) is 0 Å². The van der Waals surface area contributed by atoms with E-state index in [9.17, 15) is 0 Å². The second-order valence-electron chi connectivity index (χ2n) is 3.29. The highest BCUT2D eigenvalue weighted by molar-refractivity contribution is 4.52. The normalized spacial score (nSPS) is 13.2. The van der Waals surface area contributed by atoms with Gasteiger partial charge in [0.15, 0.2) is 0 Å². The zero-order chi connectivity index (χ0) is 9.23. The van der Waals surface area contributed by atoms with E-state index in [2.05, 4.69) is 19.2 Å². The van der Waals surface area contributed by atoms with Crippen molar-refractivity contribution in [2.75, 3.05) is 20.2 Å². The van der Waals surface area contributed by atoms with Crippen molar-refractivity contribution in [1.82, 2.24) is 5.32 Å². The summed E-state index contributed by atoms with van der Waals surface area (Å²) >= 11 is 0. The SMILES string of the molecule is CCCNCCCC[C@@H](C)OC. The first-order valence-corrected chi connectivity index (χ1v) is 5.04. The van der Waals surface area contributed by atoms with Crippen LogP contribution in [0.2, 0.25) is 0 Å². The Kier molecular flexibility index (Phi) is 8.95. The average molecular weight is 173 g/mol. The molecule has 1 N–H and O–H groups in total. The Morgan fingerprint density at radius 3 is 2.58 bits per heavy atom. The van der Waals surface area contributed by atoms with Crippen LogP contribution in [0.5, 0.6) is 0 Å². The van der Waals surface area contributed by atoms with E-state index in [1.807, 2.05) is 0 Å². The summed E-state index contributed by atoms with van der Waals surface area (Å²) in [6.07, 6.45) is 5.38. The minimum atomic E-state index is 0.427. The maximum absolute atomic E-state index is 5.16. The van der Waals surface area contributed by atoms with Gasteiger partial charge in [0.2, 0.25) is 0 Å². The summed E-state index contributed by atoms with van der Waals surface area (Å²) in [6, 6.07) is 0. The number of unbranched alkanes of at least 4 members (excludes halogenated alkanes) is 1. The highest BCUT2D eigenvalue weighted by Gasteiger charge is 1.97. The topological polar surface area (TPSA) is 21.3 Å². The summed E-state index contributed by atoms with van der Waals surface area (Å²) in [5.41, 5.74) is 0. The Bertz CT molecular complexity index is 85.9. The van der Waals surface area contributed by atoms with Gasteiger partial charge in [-0.2, -0.15) is 0 Å². The summed E-state index contributed by atoms with van der Waals surface area (Å²) in [6.45, 7) is 6.63. The number of rotatable bonds is 8. The Balaban J connectivity index is 2.90. The number of nitrogens with one attached hydrogen (secondary N) is 1. The summed E-state index contributed by atoms with van der Waals surface area (Å²) in [4.78, 5) is 0. The first-order valence-electron chi connectivity index (χ1n) is 5.04. The monoisotopic (exact) mass is 173 g/mol. The Hall–Kier alpha value is -0.0800. The number of hydrogen-bond donors (Lipinski definition) is 1. The minimum Gasteiger partial charge on any atom is -0.382 e. The van der Waals surface area contributed by atoms with Crippen LogP contribution in [0.3, 0.4) is 0 Å². The Labute approximate surface area is 76.7 Å². The lowest BCUT2D eigenvalue weighted by atomic mass is 10.2. The summed E-state index contributed by atoms with van der Waals surface area (Å²) < 4.78 is 5.16. The average Bonchev–Trinajstić information content (AvgIpc) is 2.10. The molecule has 0 aromatic rings. The molecule has 0 aromatic carbocycles. The van der Waals surface area contributed by atoms with Gasteiger partial charge in [-0.25, -0.2) is 0 Å². The first kappa shape index (κ1) is 11.9. The molecule has 0 heterocycles. The van der Waals surface area contributed by atoms with E-state index in [1.54, 1.807) is 7.11 Å². The molecule has 2 heteroatoms. The maximum atomic E-state index is 5.16. The maximum Gasteiger partial charge on any atom is 0.0543 e. The van der Waals surface area contributed by atoms with Gasteiger partial charge >= 0.3 is 0 Å². The fourth-order valence-corrected chi connectivity index (χ4v) is 1.10. The van der Waals surface area contributed by atoms with Crippen LogP contribution in [0, 0.1) is 0 Å². The van der Waals surface area contributed by atoms with E-state index < -0.39 is 0 Å². The van der Waals surface area contributed by atoms with Crippen LogP contribution in [0.25, 0.3) is 0 Å². The van der Waals surface area contributed by atoms with E-state index in [1.165, 1.54) is 25.7 Å². The molecule has 12 heavy (non-hydrogen) atoms. The molecule has 0 aliphatic heterocycles. The minimum absolute atomic E-state index is 0.427. The zero-order valence-corrected chi connectivity index (χ0v) is 8.73. The van der Waals surface area contributed by atoms with E-state index in [4.69, 9.17) is 4.74 Å². The van der Waals surface area contributed by atoms with Gasteiger partial charge in [-0.3, -0.25) is 0 Å². The molecule has 2 nitrogen and oxygen atoms in total. The van der Waals surface area contributed by atoms with Crippen LogP contribution in [0.4, 0.5) is 0 Å². The molecule has 0 fully saturated rings. The molecular formula is C10H23NO. The standard InChI is InChI=1S/C10H23NO/c1-4-8-11-9-6-5-7-10(2)12-3/h10-11H,4-9H2,1-3H3/t10-/m1/s1. The van der Waals surface area contributed by atoms with Crippen molar-refractivity contribution >= 4 is 0 Å². The second-order valence-corrected chi connectivity index (χ2v) is 3.29. The fourth-order valence-electron chi connectivity index (χ4n) is 1.10. The van der Waals surface area contributed by atoms with Gasteiger partial charge in [0, 0.05) is 7.11 Å². The van der Waals surface area contributed by atoms with Gasteiger partial charge in [-0.1, -0.05) is 6.92 Å². The number of hydrogen-bond acceptors (Lipinski definition) is 2. The summed E-state index contributed by atoms with van der Waals surface area (Å²) in [5.74, 6) is 0. The molecular weight excluding hydrogens is 150 g/mol. The molecule has 0 unspecified atom stereocenters. The van der Waals surface area contributed by atoms with Crippen LogP contribution in [0.15, 0.2) is 0 Å². The van der Waals surface area contributed by atoms with Crippen molar-refractivity contribution in [2.45, 2.75) is 45.6 Å². The molecule has 0 amide bonds. The molecule has 0 saturated heterocycles. The molecule has 0 aliphatic rings. The lowest BCUT2D eigenvalue weighted by Crippen LogP contribution is -2.16. The third-order valence-corrected chi connectivity index (χ3v) is 2.04. The smallest absolute Gasteiger partial charge is 0.0543 e. The van der Waals surface area contributed by atoms with Crippen molar-refractivity contribution in [3.63, 3.8) is 0 Å². The summed E-state index contributed by atoms with van der Waals surface area (Å²) in [7, 11) is 1.78. The van der Waals surface area contributed by atoms with Crippen molar-refractivity contribution < 1.29 is 4.74 Å². The van der Waals surface area contributed by atoms with Crippen molar-refractivity contribution in [1.29, 1.82) is 0 Å². The fraction of sp³-hybridized carbons (Fsp3) is 1.00. The van der Waals surface area contributed by atoms with Gasteiger partial charge in [0.25, 0.3) is 0 Å². The van der Waals surface area contributed by atoms with Crippen LogP contribution < -0.4 is 5.32 Å². The quantitative estimate of drug-likeness (QED) is 0.568. The van der Waals surface area contributed by atoms with Crippen LogP contribution in [-0.4, -0.2) is 26.3 Å². The molecule has 1 atom stereocenters. The largest absolute Gasteiger partial charge is 0.382 e. The molecule has 0 aromatic heterocycles. The van der Waals surface area contributed by atoms with Gasteiger partial charge < -0.3 is 10.1 Å².